The third-order valence-corrected chi connectivity index (χ3v) is 1.84. The molecule has 0 fully saturated rings. The molecule has 0 heterocycles. The molecule has 0 saturated carbocycles. The molecule has 76 valence electrons. The van der Waals surface area contributed by atoms with Crippen molar-refractivity contribution in [1.82, 2.24) is 0 Å². The predicted octanol–water partition coefficient (Wildman–Crippen LogP) is 0.145. The van der Waals surface area contributed by atoms with Crippen molar-refractivity contribution in [2.45, 2.75) is 26.8 Å². The first-order valence-corrected chi connectivity index (χ1v) is 3.89. The minimum absolute atomic E-state index is 0.663. The molecule has 0 aliphatic rings. The molecule has 13 heavy (non-hydrogen) atoms. The summed E-state index contributed by atoms with van der Waals surface area (Å²) < 4.78 is 0. The van der Waals surface area contributed by atoms with Crippen LogP contribution < -0.4 is 5.73 Å². The SMILES string of the molecule is CC(C)(C)C(C(=O)O)[C@@H](N)C(=O)O. The van der Waals surface area contributed by atoms with Crippen LogP contribution in [0.1, 0.15) is 20.8 Å². The van der Waals surface area contributed by atoms with E-state index in [1.54, 1.807) is 20.8 Å². The maximum atomic E-state index is 10.7. The Balaban J connectivity index is 4.83. The van der Waals surface area contributed by atoms with Crippen LogP contribution in [0.4, 0.5) is 0 Å². The fourth-order valence-corrected chi connectivity index (χ4v) is 1.21. The molecule has 1 unspecified atom stereocenters. The van der Waals surface area contributed by atoms with Gasteiger partial charge >= 0.3 is 11.9 Å². The zero-order valence-electron chi connectivity index (χ0n) is 7.94. The molecule has 0 spiro atoms. The summed E-state index contributed by atoms with van der Waals surface area (Å²) in [6.45, 7) is 4.94. The van der Waals surface area contributed by atoms with E-state index in [4.69, 9.17) is 15.9 Å². The minimum Gasteiger partial charge on any atom is -0.481 e. The lowest BCUT2D eigenvalue weighted by Gasteiger charge is -2.29. The Labute approximate surface area is 76.5 Å². The summed E-state index contributed by atoms with van der Waals surface area (Å²) in [6.07, 6.45) is 0. The second-order valence-corrected chi connectivity index (χ2v) is 4.05. The maximum absolute atomic E-state index is 10.7. The molecule has 0 aliphatic heterocycles. The van der Waals surface area contributed by atoms with Gasteiger partial charge in [-0.05, 0) is 5.41 Å². The van der Waals surface area contributed by atoms with Crippen molar-refractivity contribution in [3.63, 3.8) is 0 Å². The summed E-state index contributed by atoms with van der Waals surface area (Å²) >= 11 is 0. The molecule has 0 bridgehead atoms. The van der Waals surface area contributed by atoms with Gasteiger partial charge in [0.05, 0.1) is 5.92 Å². The molecular formula is C8H15NO4. The van der Waals surface area contributed by atoms with Crippen molar-refractivity contribution >= 4 is 11.9 Å². The first kappa shape index (κ1) is 11.9. The van der Waals surface area contributed by atoms with Crippen molar-refractivity contribution in [1.29, 1.82) is 0 Å². The van der Waals surface area contributed by atoms with E-state index >= 15 is 0 Å². The van der Waals surface area contributed by atoms with Gasteiger partial charge < -0.3 is 15.9 Å². The molecular weight excluding hydrogens is 174 g/mol. The molecule has 0 rings (SSSR count). The molecule has 0 aromatic carbocycles. The molecule has 0 radical (unpaired) electrons. The first-order valence-electron chi connectivity index (χ1n) is 3.89. The Kier molecular flexibility index (Phi) is 3.42. The van der Waals surface area contributed by atoms with E-state index in [1.807, 2.05) is 0 Å². The number of hydrogen-bond acceptors (Lipinski definition) is 3. The average Bonchev–Trinajstić information content (AvgIpc) is 1.82. The summed E-state index contributed by atoms with van der Waals surface area (Å²) in [4.78, 5) is 21.3. The van der Waals surface area contributed by atoms with Crippen LogP contribution in [0.3, 0.4) is 0 Å². The number of carbonyl (C=O) groups is 2. The summed E-state index contributed by atoms with van der Waals surface area (Å²) in [7, 11) is 0. The van der Waals surface area contributed by atoms with Crippen molar-refractivity contribution < 1.29 is 19.8 Å². The fourth-order valence-electron chi connectivity index (χ4n) is 1.21. The Morgan fingerprint density at radius 3 is 1.62 bits per heavy atom. The van der Waals surface area contributed by atoms with E-state index in [0.29, 0.717) is 0 Å². The lowest BCUT2D eigenvalue weighted by atomic mass is 9.76. The van der Waals surface area contributed by atoms with E-state index in [1.165, 1.54) is 0 Å². The molecule has 0 amide bonds. The molecule has 0 aromatic rings. The van der Waals surface area contributed by atoms with Gasteiger partial charge in [0.2, 0.25) is 0 Å². The summed E-state index contributed by atoms with van der Waals surface area (Å²) in [5, 5.41) is 17.4. The van der Waals surface area contributed by atoms with Crippen LogP contribution in [-0.2, 0) is 9.59 Å². The molecule has 0 aromatic heterocycles. The monoisotopic (exact) mass is 189 g/mol. The highest BCUT2D eigenvalue weighted by molar-refractivity contribution is 5.83. The van der Waals surface area contributed by atoms with Gasteiger partial charge in [0.25, 0.3) is 0 Å². The number of nitrogens with two attached hydrogens (primary N) is 1. The van der Waals surface area contributed by atoms with Gasteiger partial charge in [0.15, 0.2) is 0 Å². The van der Waals surface area contributed by atoms with Crippen LogP contribution in [-0.4, -0.2) is 28.2 Å². The van der Waals surface area contributed by atoms with Gasteiger partial charge in [-0.2, -0.15) is 0 Å². The highest BCUT2D eigenvalue weighted by Crippen LogP contribution is 2.28. The van der Waals surface area contributed by atoms with E-state index in [9.17, 15) is 9.59 Å². The zero-order valence-corrected chi connectivity index (χ0v) is 7.94. The van der Waals surface area contributed by atoms with E-state index in [0.717, 1.165) is 0 Å². The predicted molar refractivity (Wildman–Crippen MR) is 46.2 cm³/mol. The third-order valence-electron chi connectivity index (χ3n) is 1.84. The Hall–Kier alpha value is -1.10. The molecule has 0 saturated heterocycles. The molecule has 2 atom stereocenters. The van der Waals surface area contributed by atoms with Gasteiger partial charge in [0.1, 0.15) is 6.04 Å². The minimum atomic E-state index is -1.36. The van der Waals surface area contributed by atoms with Gasteiger partial charge in [-0.15, -0.1) is 0 Å². The van der Waals surface area contributed by atoms with E-state index in [2.05, 4.69) is 0 Å². The highest BCUT2D eigenvalue weighted by atomic mass is 16.4. The van der Waals surface area contributed by atoms with Crippen molar-refractivity contribution in [3.05, 3.63) is 0 Å². The quantitative estimate of drug-likeness (QED) is 0.586. The Morgan fingerprint density at radius 1 is 1.15 bits per heavy atom. The number of carboxylic acid groups (broad SMARTS) is 2. The summed E-state index contributed by atoms with van der Waals surface area (Å²) in [5.41, 5.74) is 4.60. The number of rotatable bonds is 3. The first-order chi connectivity index (χ1) is 5.68. The van der Waals surface area contributed by atoms with Gasteiger partial charge in [-0.3, -0.25) is 9.59 Å². The standard InChI is InChI=1S/C8H15NO4/c1-8(2,3)4(6(10)11)5(9)7(12)13/h4-5H,9H2,1-3H3,(H,10,11)(H,12,13)/t4?,5-/m1/s1. The van der Waals surface area contributed by atoms with Crippen LogP contribution >= 0.6 is 0 Å². The number of carboxylic acids is 2. The summed E-state index contributed by atoms with van der Waals surface area (Å²) in [6, 6.07) is -1.36. The Morgan fingerprint density at radius 2 is 1.54 bits per heavy atom. The fraction of sp³-hybridized carbons (Fsp3) is 0.750. The normalized spacial score (nSPS) is 16.3. The van der Waals surface area contributed by atoms with E-state index in [-0.39, 0.29) is 0 Å². The van der Waals surface area contributed by atoms with Crippen LogP contribution in [0.25, 0.3) is 0 Å². The lowest BCUT2D eigenvalue weighted by molar-refractivity contribution is -0.154. The topological polar surface area (TPSA) is 101 Å². The molecule has 0 aliphatic carbocycles. The molecule has 4 N–H and O–H groups in total. The summed E-state index contributed by atoms with van der Waals surface area (Å²) in [5.74, 6) is -3.55. The van der Waals surface area contributed by atoms with Crippen LogP contribution in [0.2, 0.25) is 0 Å². The second-order valence-electron chi connectivity index (χ2n) is 4.05. The average molecular weight is 189 g/mol. The van der Waals surface area contributed by atoms with Gasteiger partial charge in [0, 0.05) is 0 Å². The van der Waals surface area contributed by atoms with Crippen molar-refractivity contribution in [2.75, 3.05) is 0 Å². The number of hydrogen-bond donors (Lipinski definition) is 3. The van der Waals surface area contributed by atoms with Gasteiger partial charge in [-0.1, -0.05) is 20.8 Å². The zero-order chi connectivity index (χ0) is 10.8. The second kappa shape index (κ2) is 3.74. The largest absolute Gasteiger partial charge is 0.481 e. The van der Waals surface area contributed by atoms with Crippen LogP contribution in [0.5, 0.6) is 0 Å². The highest BCUT2D eigenvalue weighted by Gasteiger charge is 2.39. The number of aliphatic carboxylic acids is 2. The third kappa shape index (κ3) is 3.02. The molecule has 5 heteroatoms. The Bertz CT molecular complexity index is 219. The van der Waals surface area contributed by atoms with Crippen LogP contribution in [0.15, 0.2) is 0 Å². The molecule has 5 nitrogen and oxygen atoms in total. The van der Waals surface area contributed by atoms with Crippen molar-refractivity contribution in [2.24, 2.45) is 17.1 Å². The lowest BCUT2D eigenvalue weighted by Crippen LogP contribution is -2.48. The van der Waals surface area contributed by atoms with E-state index < -0.39 is 29.3 Å². The van der Waals surface area contributed by atoms with Gasteiger partial charge in [-0.25, -0.2) is 0 Å². The van der Waals surface area contributed by atoms with Crippen LogP contribution in [0, 0.1) is 11.3 Å². The maximum Gasteiger partial charge on any atom is 0.321 e. The van der Waals surface area contributed by atoms with Crippen molar-refractivity contribution in [3.8, 4) is 0 Å². The smallest absolute Gasteiger partial charge is 0.321 e.